The summed E-state index contributed by atoms with van der Waals surface area (Å²) in [6, 6.07) is 11.4. The van der Waals surface area contributed by atoms with Crippen molar-refractivity contribution < 1.29 is 9.59 Å². The highest BCUT2D eigenvalue weighted by molar-refractivity contribution is 6.35. The lowest BCUT2D eigenvalue weighted by Crippen LogP contribution is -2.44. The first-order valence-corrected chi connectivity index (χ1v) is 10.9. The highest BCUT2D eigenvalue weighted by Crippen LogP contribution is 2.49. The van der Waals surface area contributed by atoms with Gasteiger partial charge in [-0.1, -0.05) is 55.2 Å². The molecule has 1 amide bonds. The van der Waals surface area contributed by atoms with E-state index in [1.54, 1.807) is 17.0 Å². The SMILES string of the molecule is Cc1ccc(C)c(N2C(=O)CC(c3ccc(Cl)cc3Cl)C3=C2CC(C)(C)CC3=O)c1. The second-order valence-electron chi connectivity index (χ2n) is 9.24. The van der Waals surface area contributed by atoms with Crippen LogP contribution >= 0.6 is 23.2 Å². The molecule has 3 nitrogen and oxygen atoms in total. The number of Topliss-reactive ketones (excluding diaryl/α,β-unsaturated/α-hetero) is 1. The molecule has 1 aliphatic carbocycles. The Balaban J connectivity index is 1.95. The zero-order valence-electron chi connectivity index (χ0n) is 17.7. The summed E-state index contributed by atoms with van der Waals surface area (Å²) >= 11 is 12.6. The number of aryl methyl sites for hydroxylation is 2. The molecule has 1 aliphatic heterocycles. The highest BCUT2D eigenvalue weighted by Gasteiger charge is 2.45. The van der Waals surface area contributed by atoms with E-state index in [1.165, 1.54) is 0 Å². The summed E-state index contributed by atoms with van der Waals surface area (Å²) in [5.41, 5.74) is 5.07. The Morgan fingerprint density at radius 3 is 2.43 bits per heavy atom. The van der Waals surface area contributed by atoms with Gasteiger partial charge in [-0.3, -0.25) is 14.5 Å². The van der Waals surface area contributed by atoms with E-state index in [0.29, 0.717) is 22.9 Å². The third kappa shape index (κ3) is 3.70. The van der Waals surface area contributed by atoms with E-state index in [9.17, 15) is 9.59 Å². The molecular formula is C25H25Cl2NO2. The monoisotopic (exact) mass is 441 g/mol. The minimum absolute atomic E-state index is 0.0102. The first-order valence-electron chi connectivity index (χ1n) is 10.2. The lowest BCUT2D eigenvalue weighted by Gasteiger charge is -2.43. The van der Waals surface area contributed by atoms with E-state index in [4.69, 9.17) is 23.2 Å². The molecule has 0 bridgehead atoms. The second-order valence-corrected chi connectivity index (χ2v) is 10.1. The number of anilines is 1. The molecule has 4 rings (SSSR count). The number of halogens is 2. The molecule has 156 valence electrons. The van der Waals surface area contributed by atoms with E-state index in [0.717, 1.165) is 33.6 Å². The molecule has 0 saturated carbocycles. The van der Waals surface area contributed by atoms with E-state index in [2.05, 4.69) is 13.8 Å². The van der Waals surface area contributed by atoms with Gasteiger partial charge in [0.05, 0.1) is 5.69 Å². The fourth-order valence-corrected chi connectivity index (χ4v) is 5.25. The standard InChI is InChI=1S/C25H25Cl2NO2/c1-14-5-6-15(2)20(9-14)28-21-12-25(3,4)13-22(29)24(21)18(11-23(28)30)17-8-7-16(26)10-19(17)27/h5-10,18H,11-13H2,1-4H3. The summed E-state index contributed by atoms with van der Waals surface area (Å²) in [7, 11) is 0. The number of carbonyl (C=O) groups is 2. The Labute approximate surface area is 187 Å². The Bertz CT molecular complexity index is 1100. The van der Waals surface area contributed by atoms with Crippen molar-refractivity contribution in [3.8, 4) is 0 Å². The zero-order valence-corrected chi connectivity index (χ0v) is 19.2. The van der Waals surface area contributed by atoms with Crippen LogP contribution in [-0.2, 0) is 9.59 Å². The van der Waals surface area contributed by atoms with Crippen LogP contribution in [0.1, 0.15) is 55.7 Å². The van der Waals surface area contributed by atoms with Crippen LogP contribution in [-0.4, -0.2) is 11.7 Å². The third-order valence-electron chi connectivity index (χ3n) is 6.09. The Morgan fingerprint density at radius 2 is 1.73 bits per heavy atom. The van der Waals surface area contributed by atoms with Crippen LogP contribution < -0.4 is 4.90 Å². The maximum absolute atomic E-state index is 13.5. The fraction of sp³-hybridized carbons (Fsp3) is 0.360. The van der Waals surface area contributed by atoms with E-state index in [-0.39, 0.29) is 29.4 Å². The summed E-state index contributed by atoms with van der Waals surface area (Å²) in [4.78, 5) is 28.7. The number of rotatable bonds is 2. The molecule has 2 aromatic rings. The van der Waals surface area contributed by atoms with Crippen molar-refractivity contribution in [3.63, 3.8) is 0 Å². The fourth-order valence-electron chi connectivity index (χ4n) is 4.70. The van der Waals surface area contributed by atoms with Gasteiger partial charge < -0.3 is 0 Å². The molecule has 0 N–H and O–H groups in total. The molecule has 1 atom stereocenters. The van der Waals surface area contributed by atoms with Crippen molar-refractivity contribution in [1.29, 1.82) is 0 Å². The van der Waals surface area contributed by atoms with Crippen molar-refractivity contribution >= 4 is 40.6 Å². The maximum atomic E-state index is 13.5. The molecule has 0 radical (unpaired) electrons. The smallest absolute Gasteiger partial charge is 0.232 e. The largest absolute Gasteiger partial charge is 0.294 e. The Morgan fingerprint density at radius 1 is 1.00 bits per heavy atom. The Kier molecular flexibility index (Phi) is 5.32. The number of allylic oxidation sites excluding steroid dienone is 2. The minimum Gasteiger partial charge on any atom is -0.294 e. The minimum atomic E-state index is -0.345. The number of nitrogens with zero attached hydrogens (tertiary/aromatic N) is 1. The summed E-state index contributed by atoms with van der Waals surface area (Å²) in [6.07, 6.45) is 1.33. The molecule has 30 heavy (non-hydrogen) atoms. The van der Waals surface area contributed by atoms with Gasteiger partial charge in [0.1, 0.15) is 0 Å². The van der Waals surface area contributed by atoms with Crippen molar-refractivity contribution in [3.05, 3.63) is 74.4 Å². The number of hydrogen-bond donors (Lipinski definition) is 0. The molecule has 1 unspecified atom stereocenters. The molecule has 1 heterocycles. The van der Waals surface area contributed by atoms with Crippen LogP contribution in [0.25, 0.3) is 0 Å². The molecule has 5 heteroatoms. The number of carbonyl (C=O) groups excluding carboxylic acids is 2. The van der Waals surface area contributed by atoms with Crippen LogP contribution in [0.2, 0.25) is 10.0 Å². The molecule has 0 spiro atoms. The van der Waals surface area contributed by atoms with Gasteiger partial charge >= 0.3 is 0 Å². The normalized spacial score (nSPS) is 21.1. The summed E-state index contributed by atoms with van der Waals surface area (Å²) in [6.45, 7) is 8.18. The number of hydrogen-bond acceptors (Lipinski definition) is 2. The van der Waals surface area contributed by atoms with Gasteiger partial charge in [-0.05, 0) is 60.6 Å². The van der Waals surface area contributed by atoms with Crippen molar-refractivity contribution in [2.24, 2.45) is 5.41 Å². The van der Waals surface area contributed by atoms with Gasteiger partial charge in [0.2, 0.25) is 5.91 Å². The Hall–Kier alpha value is -2.10. The average Bonchev–Trinajstić information content (AvgIpc) is 2.62. The van der Waals surface area contributed by atoms with Gasteiger partial charge in [-0.2, -0.15) is 0 Å². The lowest BCUT2D eigenvalue weighted by molar-refractivity contribution is -0.121. The lowest BCUT2D eigenvalue weighted by atomic mass is 9.69. The van der Waals surface area contributed by atoms with Crippen molar-refractivity contribution in [2.45, 2.75) is 52.9 Å². The molecular weight excluding hydrogens is 417 g/mol. The van der Waals surface area contributed by atoms with E-state index < -0.39 is 0 Å². The molecule has 0 fully saturated rings. The van der Waals surface area contributed by atoms with Crippen LogP contribution in [0.3, 0.4) is 0 Å². The van der Waals surface area contributed by atoms with Crippen LogP contribution in [0.15, 0.2) is 47.7 Å². The first-order chi connectivity index (χ1) is 14.1. The topological polar surface area (TPSA) is 37.4 Å². The molecule has 0 aromatic heterocycles. The van der Waals surface area contributed by atoms with Gasteiger partial charge in [-0.15, -0.1) is 0 Å². The number of ketones is 1. The predicted molar refractivity (Wildman–Crippen MR) is 122 cm³/mol. The molecule has 0 saturated heterocycles. The highest BCUT2D eigenvalue weighted by atomic mass is 35.5. The number of benzene rings is 2. The molecule has 2 aliphatic rings. The van der Waals surface area contributed by atoms with Gasteiger partial charge in [0, 0.05) is 40.1 Å². The second kappa shape index (κ2) is 7.55. The van der Waals surface area contributed by atoms with Crippen LogP contribution in [0.5, 0.6) is 0 Å². The third-order valence-corrected chi connectivity index (χ3v) is 6.65. The zero-order chi connectivity index (χ0) is 21.8. The average molecular weight is 442 g/mol. The van der Waals surface area contributed by atoms with Crippen LogP contribution in [0.4, 0.5) is 5.69 Å². The number of amides is 1. The summed E-state index contributed by atoms with van der Waals surface area (Å²) in [5, 5.41) is 1.03. The van der Waals surface area contributed by atoms with Gasteiger partial charge in [0.15, 0.2) is 5.78 Å². The van der Waals surface area contributed by atoms with E-state index in [1.807, 2.05) is 38.1 Å². The maximum Gasteiger partial charge on any atom is 0.232 e. The van der Waals surface area contributed by atoms with E-state index >= 15 is 0 Å². The van der Waals surface area contributed by atoms with Gasteiger partial charge in [-0.25, -0.2) is 0 Å². The quantitative estimate of drug-likeness (QED) is 0.515. The van der Waals surface area contributed by atoms with Crippen LogP contribution in [0, 0.1) is 19.3 Å². The summed E-state index contributed by atoms with van der Waals surface area (Å²) in [5.74, 6) is -0.258. The summed E-state index contributed by atoms with van der Waals surface area (Å²) < 4.78 is 0. The first kappa shape index (κ1) is 21.1. The van der Waals surface area contributed by atoms with Crippen molar-refractivity contribution in [1.82, 2.24) is 0 Å². The predicted octanol–water partition coefficient (Wildman–Crippen LogP) is 6.77. The molecule has 2 aromatic carbocycles. The van der Waals surface area contributed by atoms with Crippen molar-refractivity contribution in [2.75, 3.05) is 4.90 Å². The van der Waals surface area contributed by atoms with Gasteiger partial charge in [0.25, 0.3) is 0 Å².